The molecule has 36 heavy (non-hydrogen) atoms. The van der Waals surface area contributed by atoms with E-state index in [-0.39, 0.29) is 11.8 Å². The van der Waals surface area contributed by atoms with Crippen LogP contribution in [0.3, 0.4) is 0 Å². The highest BCUT2D eigenvalue weighted by molar-refractivity contribution is 8.04. The standard InChI is InChI=1S/C29H29N3O3S/c1-20-6-4-7-21(16-20)17-27-29(34)30(2)25-18-22(10-11-26(25)36-27)28(33)32-14-12-31(13-15-32)23-8-5-9-24(19-23)35-3/h4-11,16-19H,12-15H2,1-3H3. The smallest absolute Gasteiger partial charge is 0.264 e. The van der Waals surface area contributed by atoms with E-state index in [0.717, 1.165) is 46.2 Å². The van der Waals surface area contributed by atoms with E-state index in [1.807, 2.05) is 72.5 Å². The maximum Gasteiger partial charge on any atom is 0.264 e. The van der Waals surface area contributed by atoms with Crippen molar-refractivity contribution in [3.63, 3.8) is 0 Å². The van der Waals surface area contributed by atoms with Crippen LogP contribution in [-0.2, 0) is 4.79 Å². The number of hydrogen-bond acceptors (Lipinski definition) is 5. The SMILES string of the molecule is COc1cccc(N2CCN(C(=O)c3ccc4c(c3)N(C)C(=O)C(=Cc3cccc(C)c3)S4)CC2)c1. The average Bonchev–Trinajstić information content (AvgIpc) is 2.91. The minimum atomic E-state index is -0.0643. The summed E-state index contributed by atoms with van der Waals surface area (Å²) in [6.07, 6.45) is 1.93. The molecule has 2 heterocycles. The zero-order valence-electron chi connectivity index (χ0n) is 20.7. The van der Waals surface area contributed by atoms with Crippen molar-refractivity contribution < 1.29 is 14.3 Å². The van der Waals surface area contributed by atoms with Gasteiger partial charge in [0.05, 0.1) is 17.7 Å². The predicted octanol–water partition coefficient (Wildman–Crippen LogP) is 5.08. The number of benzene rings is 3. The van der Waals surface area contributed by atoms with Crippen molar-refractivity contribution in [2.75, 3.05) is 50.1 Å². The Bertz CT molecular complexity index is 1350. The Morgan fingerprint density at radius 3 is 2.50 bits per heavy atom. The van der Waals surface area contributed by atoms with Gasteiger partial charge in [-0.2, -0.15) is 0 Å². The van der Waals surface area contributed by atoms with E-state index in [2.05, 4.69) is 17.0 Å². The summed E-state index contributed by atoms with van der Waals surface area (Å²) in [5.41, 5.74) is 4.63. The van der Waals surface area contributed by atoms with Crippen LogP contribution in [0.2, 0.25) is 0 Å². The number of hydrogen-bond donors (Lipinski definition) is 0. The third-order valence-corrected chi connectivity index (χ3v) is 7.71. The first kappa shape index (κ1) is 24.0. The molecule has 184 valence electrons. The lowest BCUT2D eigenvalue weighted by atomic mass is 10.1. The number of carbonyl (C=O) groups excluding carboxylic acids is 2. The molecule has 0 spiro atoms. The normalized spacial score (nSPS) is 16.8. The minimum Gasteiger partial charge on any atom is -0.497 e. The number of methoxy groups -OCH3 is 1. The number of fused-ring (bicyclic) bond motifs is 1. The lowest BCUT2D eigenvalue weighted by molar-refractivity contribution is -0.114. The number of thioether (sulfide) groups is 1. The molecule has 0 N–H and O–H groups in total. The van der Waals surface area contributed by atoms with E-state index >= 15 is 0 Å². The summed E-state index contributed by atoms with van der Waals surface area (Å²) in [6.45, 7) is 4.83. The van der Waals surface area contributed by atoms with E-state index in [1.165, 1.54) is 11.8 Å². The fourth-order valence-corrected chi connectivity index (χ4v) is 5.69. The third kappa shape index (κ3) is 4.84. The zero-order chi connectivity index (χ0) is 25.2. The van der Waals surface area contributed by atoms with Crippen molar-refractivity contribution >= 4 is 41.0 Å². The van der Waals surface area contributed by atoms with E-state index in [9.17, 15) is 9.59 Å². The van der Waals surface area contributed by atoms with Crippen LogP contribution >= 0.6 is 11.8 Å². The summed E-state index contributed by atoms with van der Waals surface area (Å²) in [5.74, 6) is 0.758. The molecule has 1 fully saturated rings. The van der Waals surface area contributed by atoms with Crippen LogP contribution in [0, 0.1) is 6.92 Å². The van der Waals surface area contributed by atoms with Crippen molar-refractivity contribution in [3.05, 3.63) is 88.3 Å². The summed E-state index contributed by atoms with van der Waals surface area (Å²) < 4.78 is 5.34. The molecule has 0 aromatic heterocycles. The fraction of sp³-hybridized carbons (Fsp3) is 0.241. The second kappa shape index (κ2) is 10.1. The van der Waals surface area contributed by atoms with E-state index in [1.54, 1.807) is 19.1 Å². The monoisotopic (exact) mass is 499 g/mol. The van der Waals surface area contributed by atoms with Crippen LogP contribution in [0.15, 0.2) is 76.5 Å². The van der Waals surface area contributed by atoms with Crippen LogP contribution in [-0.4, -0.2) is 57.1 Å². The Kier molecular flexibility index (Phi) is 6.74. The molecule has 1 saturated heterocycles. The number of rotatable bonds is 4. The van der Waals surface area contributed by atoms with Gasteiger partial charge < -0.3 is 19.4 Å². The number of aryl methyl sites for hydroxylation is 1. The summed E-state index contributed by atoms with van der Waals surface area (Å²) in [7, 11) is 3.44. The summed E-state index contributed by atoms with van der Waals surface area (Å²) in [4.78, 5) is 33.9. The second-order valence-corrected chi connectivity index (χ2v) is 10.1. The first-order valence-corrected chi connectivity index (χ1v) is 12.8. The van der Waals surface area contributed by atoms with Crippen molar-refractivity contribution in [1.29, 1.82) is 0 Å². The van der Waals surface area contributed by atoms with Gasteiger partial charge in [0.15, 0.2) is 0 Å². The van der Waals surface area contributed by atoms with Crippen LogP contribution in [0.1, 0.15) is 21.5 Å². The van der Waals surface area contributed by atoms with E-state index in [0.29, 0.717) is 23.6 Å². The van der Waals surface area contributed by atoms with Crippen LogP contribution in [0.5, 0.6) is 5.75 Å². The molecule has 0 aliphatic carbocycles. The molecule has 3 aromatic carbocycles. The molecule has 2 aliphatic rings. The number of ether oxygens (including phenoxy) is 1. The fourth-order valence-electron chi connectivity index (χ4n) is 4.60. The molecule has 0 unspecified atom stereocenters. The van der Waals surface area contributed by atoms with Crippen LogP contribution in [0.25, 0.3) is 6.08 Å². The lowest BCUT2D eigenvalue weighted by Crippen LogP contribution is -2.48. The van der Waals surface area contributed by atoms with Gasteiger partial charge in [-0.1, -0.05) is 47.7 Å². The quantitative estimate of drug-likeness (QED) is 0.469. The van der Waals surface area contributed by atoms with Gasteiger partial charge in [0, 0.05) is 55.4 Å². The highest BCUT2D eigenvalue weighted by Gasteiger charge is 2.29. The number of likely N-dealkylation sites (N-methyl/N-ethyl adjacent to an activating group) is 1. The maximum atomic E-state index is 13.3. The Balaban J connectivity index is 1.30. The molecule has 0 bridgehead atoms. The minimum absolute atomic E-state index is 0.00459. The van der Waals surface area contributed by atoms with E-state index < -0.39 is 0 Å². The first-order valence-electron chi connectivity index (χ1n) is 12.0. The number of piperazine rings is 1. The number of anilines is 2. The molecule has 0 atom stereocenters. The summed E-state index contributed by atoms with van der Waals surface area (Å²) in [6, 6.07) is 21.8. The van der Waals surface area contributed by atoms with Gasteiger partial charge in [-0.3, -0.25) is 9.59 Å². The van der Waals surface area contributed by atoms with Gasteiger partial charge >= 0.3 is 0 Å². The third-order valence-electron chi connectivity index (χ3n) is 6.63. The van der Waals surface area contributed by atoms with Crippen molar-refractivity contribution in [2.45, 2.75) is 11.8 Å². The molecule has 5 rings (SSSR count). The largest absolute Gasteiger partial charge is 0.497 e. The molecule has 7 heteroatoms. The summed E-state index contributed by atoms with van der Waals surface area (Å²) >= 11 is 1.45. The van der Waals surface area contributed by atoms with Gasteiger partial charge in [-0.25, -0.2) is 0 Å². The Hall–Kier alpha value is -3.71. The lowest BCUT2D eigenvalue weighted by Gasteiger charge is -2.36. The first-order chi connectivity index (χ1) is 17.4. The molecular weight excluding hydrogens is 470 g/mol. The molecule has 6 nitrogen and oxygen atoms in total. The van der Waals surface area contributed by atoms with Gasteiger partial charge in [0.25, 0.3) is 11.8 Å². The Labute approximate surface area is 216 Å². The van der Waals surface area contributed by atoms with Gasteiger partial charge in [0.1, 0.15) is 5.75 Å². The molecule has 0 radical (unpaired) electrons. The maximum absolute atomic E-state index is 13.3. The van der Waals surface area contributed by atoms with Crippen LogP contribution in [0.4, 0.5) is 11.4 Å². The molecule has 0 saturated carbocycles. The Morgan fingerprint density at radius 1 is 0.972 bits per heavy atom. The second-order valence-electron chi connectivity index (χ2n) is 9.05. The highest BCUT2D eigenvalue weighted by Crippen LogP contribution is 2.42. The van der Waals surface area contributed by atoms with E-state index in [4.69, 9.17) is 4.74 Å². The number of amides is 2. The van der Waals surface area contributed by atoms with Crippen molar-refractivity contribution in [2.24, 2.45) is 0 Å². The summed E-state index contributed by atoms with van der Waals surface area (Å²) in [5, 5.41) is 0. The van der Waals surface area contributed by atoms with Crippen LogP contribution < -0.4 is 14.5 Å². The zero-order valence-corrected chi connectivity index (χ0v) is 21.5. The Morgan fingerprint density at radius 2 is 1.75 bits per heavy atom. The molecule has 2 amide bonds. The van der Waals surface area contributed by atoms with Crippen molar-refractivity contribution in [3.8, 4) is 5.75 Å². The topological polar surface area (TPSA) is 53.1 Å². The molecule has 2 aliphatic heterocycles. The number of nitrogens with zero attached hydrogens (tertiary/aromatic N) is 3. The molecule has 3 aromatic rings. The van der Waals surface area contributed by atoms with Gasteiger partial charge in [-0.05, 0) is 48.9 Å². The molecular formula is C29H29N3O3S. The number of carbonyl (C=O) groups is 2. The highest BCUT2D eigenvalue weighted by atomic mass is 32.2. The van der Waals surface area contributed by atoms with Gasteiger partial charge in [0.2, 0.25) is 0 Å². The van der Waals surface area contributed by atoms with Gasteiger partial charge in [-0.15, -0.1) is 0 Å². The average molecular weight is 500 g/mol. The van der Waals surface area contributed by atoms with Crippen molar-refractivity contribution in [1.82, 2.24) is 4.90 Å². The predicted molar refractivity (Wildman–Crippen MR) is 146 cm³/mol.